The zero-order valence-corrected chi connectivity index (χ0v) is 26.4. The smallest absolute Gasteiger partial charge is 0.341 e. The van der Waals surface area contributed by atoms with E-state index in [0.717, 1.165) is 21.8 Å². The molecule has 0 saturated carbocycles. The quantitative estimate of drug-likeness (QED) is 0.108. The highest BCUT2D eigenvalue weighted by Gasteiger charge is 2.26. The first-order valence-electron chi connectivity index (χ1n) is 13.5. The molecule has 1 amide bonds. The highest BCUT2D eigenvalue weighted by atomic mass is 32.2. The summed E-state index contributed by atoms with van der Waals surface area (Å²) in [6.07, 6.45) is 1.37. The maximum Gasteiger partial charge on any atom is 0.341 e. The number of hydrogen-bond acceptors (Lipinski definition) is 8. The number of carbonyl (C=O) groups excluding carboxylic acids is 2. The van der Waals surface area contributed by atoms with Gasteiger partial charge < -0.3 is 14.8 Å². The molecule has 4 aromatic rings. The molecule has 0 saturated heterocycles. The van der Waals surface area contributed by atoms with Crippen LogP contribution in [0.5, 0.6) is 5.75 Å². The average molecular weight is 605 g/mol. The molecule has 42 heavy (non-hydrogen) atoms. The summed E-state index contributed by atoms with van der Waals surface area (Å²) in [4.78, 5) is 26.7. The minimum Gasteiger partial charge on any atom is -0.483 e. The number of carbonyl (C=O) groups is 2. The fourth-order valence-electron chi connectivity index (χ4n) is 4.47. The third-order valence-corrected chi connectivity index (χ3v) is 8.56. The van der Waals surface area contributed by atoms with Gasteiger partial charge in [-0.05, 0) is 42.5 Å². The van der Waals surface area contributed by atoms with Crippen molar-refractivity contribution in [1.82, 2.24) is 14.8 Å². The second kappa shape index (κ2) is 13.4. The van der Waals surface area contributed by atoms with Crippen LogP contribution in [0.4, 0.5) is 5.00 Å². The summed E-state index contributed by atoms with van der Waals surface area (Å²) in [5.74, 6) is 0.658. The van der Waals surface area contributed by atoms with Gasteiger partial charge in [-0.25, -0.2) is 4.79 Å². The van der Waals surface area contributed by atoms with Crippen LogP contribution in [-0.4, -0.2) is 39.5 Å². The molecule has 0 aliphatic carbocycles. The number of aromatic nitrogens is 3. The molecule has 1 N–H and O–H groups in total. The van der Waals surface area contributed by atoms with Gasteiger partial charge in [-0.15, -0.1) is 28.1 Å². The SMILES string of the molecule is C=CCn1c(SCC(=O)Nc2sc(C)c(-c3ccccc3)c2C(=O)OC)nnc1C(C)Oc1ccc(C(C)(C)C)cc1. The molecule has 220 valence electrons. The van der Waals surface area contributed by atoms with Crippen LogP contribution in [-0.2, 0) is 21.5 Å². The summed E-state index contributed by atoms with van der Waals surface area (Å²) >= 11 is 2.60. The van der Waals surface area contributed by atoms with Gasteiger partial charge in [0.2, 0.25) is 5.91 Å². The Hall–Kier alpha value is -3.89. The van der Waals surface area contributed by atoms with Crippen LogP contribution in [0.25, 0.3) is 11.1 Å². The number of esters is 1. The van der Waals surface area contributed by atoms with Gasteiger partial charge in [-0.3, -0.25) is 9.36 Å². The number of rotatable bonds is 11. The van der Waals surface area contributed by atoms with E-state index in [4.69, 9.17) is 9.47 Å². The zero-order chi connectivity index (χ0) is 30.4. The molecule has 2 heterocycles. The molecule has 1 unspecified atom stereocenters. The lowest BCUT2D eigenvalue weighted by atomic mass is 9.87. The Morgan fingerprint density at radius 1 is 1.12 bits per heavy atom. The number of hydrogen-bond donors (Lipinski definition) is 1. The van der Waals surface area contributed by atoms with Gasteiger partial charge in [-0.2, -0.15) is 0 Å². The van der Waals surface area contributed by atoms with Crippen molar-refractivity contribution >= 4 is 40.0 Å². The van der Waals surface area contributed by atoms with E-state index in [0.29, 0.717) is 28.1 Å². The van der Waals surface area contributed by atoms with Gasteiger partial charge in [0.25, 0.3) is 0 Å². The molecule has 1 atom stereocenters. The number of allylic oxidation sites excluding steroid dienone is 1. The average Bonchev–Trinajstić information content (AvgIpc) is 3.51. The molecule has 0 radical (unpaired) electrons. The summed E-state index contributed by atoms with van der Waals surface area (Å²) in [6, 6.07) is 17.6. The van der Waals surface area contributed by atoms with Crippen LogP contribution in [0, 0.1) is 6.92 Å². The van der Waals surface area contributed by atoms with Crippen molar-refractivity contribution in [2.75, 3.05) is 18.2 Å². The Morgan fingerprint density at radius 3 is 2.43 bits per heavy atom. The topological polar surface area (TPSA) is 95.3 Å². The number of methoxy groups -OCH3 is 1. The summed E-state index contributed by atoms with van der Waals surface area (Å²) < 4.78 is 13.1. The first-order valence-corrected chi connectivity index (χ1v) is 15.3. The largest absolute Gasteiger partial charge is 0.483 e. The Balaban J connectivity index is 1.48. The predicted molar refractivity (Wildman–Crippen MR) is 170 cm³/mol. The van der Waals surface area contributed by atoms with Crippen molar-refractivity contribution in [3.8, 4) is 16.9 Å². The maximum atomic E-state index is 13.1. The summed E-state index contributed by atoms with van der Waals surface area (Å²) in [6.45, 7) is 14.7. The van der Waals surface area contributed by atoms with Gasteiger partial charge in [0, 0.05) is 17.0 Å². The molecule has 0 aliphatic rings. The van der Waals surface area contributed by atoms with Gasteiger partial charge in [0.15, 0.2) is 17.1 Å². The third-order valence-electron chi connectivity index (χ3n) is 6.58. The minimum absolute atomic E-state index is 0.0556. The van der Waals surface area contributed by atoms with Crippen molar-refractivity contribution in [1.29, 1.82) is 0 Å². The summed E-state index contributed by atoms with van der Waals surface area (Å²) in [7, 11) is 1.33. The molecular formula is C32H36N4O4S2. The Morgan fingerprint density at radius 2 is 1.81 bits per heavy atom. The Labute approximate surface area is 255 Å². The van der Waals surface area contributed by atoms with Crippen LogP contribution >= 0.6 is 23.1 Å². The molecule has 0 fully saturated rings. The van der Waals surface area contributed by atoms with Crippen LogP contribution < -0.4 is 10.1 Å². The van der Waals surface area contributed by atoms with E-state index in [1.54, 1.807) is 6.08 Å². The van der Waals surface area contributed by atoms with E-state index in [1.807, 2.05) is 60.9 Å². The van der Waals surface area contributed by atoms with Gasteiger partial charge in [0.05, 0.1) is 12.9 Å². The number of nitrogens with zero attached hydrogens (tertiary/aromatic N) is 3. The maximum absolute atomic E-state index is 13.1. The summed E-state index contributed by atoms with van der Waals surface area (Å²) in [5.41, 5.74) is 3.27. The molecule has 2 aromatic heterocycles. The van der Waals surface area contributed by atoms with E-state index in [2.05, 4.69) is 55.0 Å². The molecule has 0 bridgehead atoms. The van der Waals surface area contributed by atoms with Gasteiger partial charge >= 0.3 is 5.97 Å². The van der Waals surface area contributed by atoms with E-state index in [-0.39, 0.29) is 23.2 Å². The van der Waals surface area contributed by atoms with E-state index >= 15 is 0 Å². The standard InChI is InChI=1S/C32H36N4O4S2/c1-8-18-36-28(20(2)40-24-16-14-23(15-17-24)32(4,5)6)34-35-31(36)41-19-25(37)33-29-27(30(38)39-7)26(21(3)42-29)22-12-10-9-11-13-22/h8-17,20H,1,18-19H2,2-7H3,(H,33,37). The Bertz CT molecular complexity index is 1550. The van der Waals surface area contributed by atoms with Crippen LogP contribution in [0.3, 0.4) is 0 Å². The van der Waals surface area contributed by atoms with Gasteiger partial charge in [-0.1, -0.05) is 81.1 Å². The number of amides is 1. The van der Waals surface area contributed by atoms with E-state index in [1.165, 1.54) is 35.8 Å². The number of thiophene rings is 1. The summed E-state index contributed by atoms with van der Waals surface area (Å²) in [5, 5.41) is 12.6. The lowest BCUT2D eigenvalue weighted by Crippen LogP contribution is -2.17. The van der Waals surface area contributed by atoms with Crippen LogP contribution in [0.1, 0.15) is 60.4 Å². The molecule has 2 aromatic carbocycles. The molecule has 8 nitrogen and oxygen atoms in total. The van der Waals surface area contributed by atoms with Crippen molar-refractivity contribution in [2.45, 2.75) is 57.8 Å². The second-order valence-electron chi connectivity index (χ2n) is 10.7. The normalized spacial score (nSPS) is 12.0. The Kier molecular flexibility index (Phi) is 9.90. The highest BCUT2D eigenvalue weighted by Crippen LogP contribution is 2.40. The van der Waals surface area contributed by atoms with Crippen molar-refractivity contribution in [3.63, 3.8) is 0 Å². The van der Waals surface area contributed by atoms with Crippen LogP contribution in [0.2, 0.25) is 0 Å². The van der Waals surface area contributed by atoms with Crippen molar-refractivity contribution < 1.29 is 19.1 Å². The van der Waals surface area contributed by atoms with Crippen molar-refractivity contribution in [3.05, 3.63) is 89.1 Å². The number of anilines is 1. The minimum atomic E-state index is -0.501. The highest BCUT2D eigenvalue weighted by molar-refractivity contribution is 7.99. The lowest BCUT2D eigenvalue weighted by molar-refractivity contribution is -0.113. The molecule has 0 spiro atoms. The zero-order valence-electron chi connectivity index (χ0n) is 24.8. The molecular weight excluding hydrogens is 569 g/mol. The van der Waals surface area contributed by atoms with Gasteiger partial charge in [0.1, 0.15) is 16.3 Å². The number of aryl methyl sites for hydroxylation is 1. The predicted octanol–water partition coefficient (Wildman–Crippen LogP) is 7.46. The van der Waals surface area contributed by atoms with E-state index < -0.39 is 5.97 Å². The van der Waals surface area contributed by atoms with Crippen molar-refractivity contribution in [2.24, 2.45) is 0 Å². The molecule has 4 rings (SSSR count). The fraction of sp³-hybridized carbons (Fsp3) is 0.312. The fourth-order valence-corrected chi connectivity index (χ4v) is 6.31. The second-order valence-corrected chi connectivity index (χ2v) is 12.9. The first kappa shape index (κ1) is 31.1. The molecule has 10 heteroatoms. The number of thioether (sulfide) groups is 1. The number of nitrogens with one attached hydrogen (secondary N) is 1. The third kappa shape index (κ3) is 7.11. The number of benzene rings is 2. The van der Waals surface area contributed by atoms with E-state index in [9.17, 15) is 9.59 Å². The van der Waals surface area contributed by atoms with Crippen LogP contribution in [0.15, 0.2) is 72.4 Å². The molecule has 0 aliphatic heterocycles. The number of ether oxygens (including phenoxy) is 2. The lowest BCUT2D eigenvalue weighted by Gasteiger charge is -2.20. The monoisotopic (exact) mass is 604 g/mol. The first-order chi connectivity index (χ1) is 20.0.